The summed E-state index contributed by atoms with van der Waals surface area (Å²) in [7, 11) is 0. The molecule has 2 unspecified atom stereocenters. The number of rotatable bonds is 3. The SMILES string of the molecule is CCC1NC(=S)OC1CC(C)C. The summed E-state index contributed by atoms with van der Waals surface area (Å²) in [5, 5.41) is 3.74. The van der Waals surface area contributed by atoms with Crippen molar-refractivity contribution in [2.24, 2.45) is 5.92 Å². The van der Waals surface area contributed by atoms with Crippen molar-refractivity contribution in [2.45, 2.75) is 45.8 Å². The summed E-state index contributed by atoms with van der Waals surface area (Å²) < 4.78 is 5.50. The Labute approximate surface area is 79.7 Å². The van der Waals surface area contributed by atoms with Gasteiger partial charge in [-0.1, -0.05) is 20.8 Å². The second kappa shape index (κ2) is 4.08. The Morgan fingerprint density at radius 1 is 1.58 bits per heavy atom. The van der Waals surface area contributed by atoms with Crippen LogP contribution in [0, 0.1) is 5.92 Å². The molecule has 70 valence electrons. The molecule has 3 heteroatoms. The fraction of sp³-hybridized carbons (Fsp3) is 0.889. The highest BCUT2D eigenvalue weighted by atomic mass is 32.1. The van der Waals surface area contributed by atoms with E-state index in [1.807, 2.05) is 0 Å². The van der Waals surface area contributed by atoms with Gasteiger partial charge in [0.25, 0.3) is 5.17 Å². The van der Waals surface area contributed by atoms with Crippen molar-refractivity contribution in [3.63, 3.8) is 0 Å². The summed E-state index contributed by atoms with van der Waals surface area (Å²) in [6, 6.07) is 0.430. The highest BCUT2D eigenvalue weighted by molar-refractivity contribution is 7.80. The molecule has 1 aliphatic rings. The van der Waals surface area contributed by atoms with E-state index in [0.717, 1.165) is 12.8 Å². The van der Waals surface area contributed by atoms with Gasteiger partial charge in [-0.3, -0.25) is 0 Å². The predicted octanol–water partition coefficient (Wildman–Crippen LogP) is 2.08. The lowest BCUT2D eigenvalue weighted by Crippen LogP contribution is -2.31. The Balaban J connectivity index is 2.46. The van der Waals surface area contributed by atoms with Gasteiger partial charge in [0.1, 0.15) is 6.10 Å². The van der Waals surface area contributed by atoms with Crippen LogP contribution >= 0.6 is 12.2 Å². The van der Waals surface area contributed by atoms with E-state index in [2.05, 4.69) is 26.1 Å². The quantitative estimate of drug-likeness (QED) is 0.684. The molecule has 12 heavy (non-hydrogen) atoms. The summed E-state index contributed by atoms with van der Waals surface area (Å²) in [6.45, 7) is 6.57. The van der Waals surface area contributed by atoms with Crippen molar-refractivity contribution in [3.05, 3.63) is 0 Å². The molecular weight excluding hydrogens is 170 g/mol. The first-order valence-electron chi connectivity index (χ1n) is 4.60. The number of ether oxygens (including phenoxy) is 1. The molecular formula is C9H17NOS. The van der Waals surface area contributed by atoms with E-state index < -0.39 is 0 Å². The minimum atomic E-state index is 0.294. The molecule has 0 aromatic rings. The normalized spacial score (nSPS) is 28.8. The molecule has 1 fully saturated rings. The van der Waals surface area contributed by atoms with Crippen LogP contribution in [0.2, 0.25) is 0 Å². The Bertz CT molecular complexity index is 170. The molecule has 2 nitrogen and oxygen atoms in total. The lowest BCUT2D eigenvalue weighted by molar-refractivity contribution is 0.172. The van der Waals surface area contributed by atoms with Crippen molar-refractivity contribution in [1.82, 2.24) is 5.32 Å². The Morgan fingerprint density at radius 3 is 2.75 bits per heavy atom. The Kier molecular flexibility index (Phi) is 3.32. The van der Waals surface area contributed by atoms with Crippen molar-refractivity contribution in [2.75, 3.05) is 0 Å². The average Bonchev–Trinajstić information content (AvgIpc) is 2.29. The topological polar surface area (TPSA) is 21.3 Å². The highest BCUT2D eigenvalue weighted by Crippen LogP contribution is 2.19. The van der Waals surface area contributed by atoms with Crippen LogP contribution in [0.3, 0.4) is 0 Å². The van der Waals surface area contributed by atoms with Gasteiger partial charge in [-0.15, -0.1) is 0 Å². The largest absolute Gasteiger partial charge is 0.466 e. The van der Waals surface area contributed by atoms with Gasteiger partial charge < -0.3 is 10.1 Å². The van der Waals surface area contributed by atoms with E-state index in [1.165, 1.54) is 0 Å². The molecule has 0 aromatic heterocycles. The van der Waals surface area contributed by atoms with Gasteiger partial charge in [0.05, 0.1) is 6.04 Å². The molecule has 0 aromatic carbocycles. The van der Waals surface area contributed by atoms with Gasteiger partial charge >= 0.3 is 0 Å². The second-order valence-electron chi connectivity index (χ2n) is 3.73. The van der Waals surface area contributed by atoms with Crippen LogP contribution in [0.1, 0.15) is 33.6 Å². The molecule has 0 radical (unpaired) electrons. The molecule has 0 spiro atoms. The van der Waals surface area contributed by atoms with Crippen LogP contribution in [0.4, 0.5) is 0 Å². The number of hydrogen-bond acceptors (Lipinski definition) is 2. The first kappa shape index (κ1) is 9.78. The zero-order valence-electron chi connectivity index (χ0n) is 7.96. The van der Waals surface area contributed by atoms with E-state index in [-0.39, 0.29) is 0 Å². The molecule has 1 heterocycles. The summed E-state index contributed by atoms with van der Waals surface area (Å²) in [6.07, 6.45) is 2.46. The van der Waals surface area contributed by atoms with Crippen molar-refractivity contribution in [3.8, 4) is 0 Å². The van der Waals surface area contributed by atoms with E-state index >= 15 is 0 Å². The molecule has 1 N–H and O–H groups in total. The third-order valence-electron chi connectivity index (χ3n) is 2.15. The molecule has 1 saturated heterocycles. The number of nitrogens with one attached hydrogen (secondary N) is 1. The minimum absolute atomic E-state index is 0.294. The van der Waals surface area contributed by atoms with Crippen LogP contribution in [0.5, 0.6) is 0 Å². The zero-order valence-corrected chi connectivity index (χ0v) is 8.78. The van der Waals surface area contributed by atoms with Crippen molar-refractivity contribution in [1.29, 1.82) is 0 Å². The molecule has 1 aliphatic heterocycles. The predicted molar refractivity (Wildman–Crippen MR) is 54.1 cm³/mol. The standard InChI is InChI=1S/C9H17NOS/c1-4-7-8(5-6(2)3)11-9(12)10-7/h6-8H,4-5H2,1-3H3,(H,10,12). The van der Waals surface area contributed by atoms with Gasteiger partial charge in [0.15, 0.2) is 0 Å². The van der Waals surface area contributed by atoms with Gasteiger partial charge in [0, 0.05) is 0 Å². The fourth-order valence-corrected chi connectivity index (χ4v) is 1.81. The van der Waals surface area contributed by atoms with Gasteiger partial charge in [0.2, 0.25) is 0 Å². The summed E-state index contributed by atoms with van der Waals surface area (Å²) in [5.74, 6) is 0.673. The monoisotopic (exact) mass is 187 g/mol. The number of hydrogen-bond donors (Lipinski definition) is 1. The summed E-state index contributed by atoms with van der Waals surface area (Å²) in [5.41, 5.74) is 0. The Hall–Kier alpha value is -0.310. The second-order valence-corrected chi connectivity index (χ2v) is 4.10. The summed E-state index contributed by atoms with van der Waals surface area (Å²) >= 11 is 4.96. The lowest BCUT2D eigenvalue weighted by atomic mass is 9.99. The van der Waals surface area contributed by atoms with Crippen LogP contribution in [-0.4, -0.2) is 17.3 Å². The average molecular weight is 187 g/mol. The molecule has 0 bridgehead atoms. The maximum absolute atomic E-state index is 5.50. The van der Waals surface area contributed by atoms with Gasteiger partial charge in [-0.05, 0) is 31.0 Å². The van der Waals surface area contributed by atoms with E-state index in [1.54, 1.807) is 0 Å². The first-order valence-corrected chi connectivity index (χ1v) is 5.01. The van der Waals surface area contributed by atoms with Crippen LogP contribution < -0.4 is 5.32 Å². The first-order chi connectivity index (χ1) is 5.63. The van der Waals surface area contributed by atoms with E-state index in [0.29, 0.717) is 23.2 Å². The van der Waals surface area contributed by atoms with Crippen LogP contribution in [0.15, 0.2) is 0 Å². The van der Waals surface area contributed by atoms with Crippen LogP contribution in [0.25, 0.3) is 0 Å². The number of thiocarbonyl (C=S) groups is 1. The van der Waals surface area contributed by atoms with Gasteiger partial charge in [-0.2, -0.15) is 0 Å². The lowest BCUT2D eigenvalue weighted by Gasteiger charge is -2.17. The maximum atomic E-state index is 5.50. The van der Waals surface area contributed by atoms with E-state index in [4.69, 9.17) is 17.0 Å². The highest BCUT2D eigenvalue weighted by Gasteiger charge is 2.30. The molecule has 1 rings (SSSR count). The fourth-order valence-electron chi connectivity index (χ4n) is 1.54. The molecule has 2 atom stereocenters. The molecule has 0 aliphatic carbocycles. The van der Waals surface area contributed by atoms with E-state index in [9.17, 15) is 0 Å². The third-order valence-corrected chi connectivity index (χ3v) is 2.37. The smallest absolute Gasteiger partial charge is 0.257 e. The third kappa shape index (κ3) is 2.34. The maximum Gasteiger partial charge on any atom is 0.257 e. The van der Waals surface area contributed by atoms with Gasteiger partial charge in [-0.25, -0.2) is 0 Å². The molecule has 0 amide bonds. The Morgan fingerprint density at radius 2 is 2.25 bits per heavy atom. The zero-order chi connectivity index (χ0) is 9.14. The summed E-state index contributed by atoms with van der Waals surface area (Å²) in [4.78, 5) is 0. The minimum Gasteiger partial charge on any atom is -0.466 e. The van der Waals surface area contributed by atoms with Crippen molar-refractivity contribution >= 4 is 17.4 Å². The van der Waals surface area contributed by atoms with Crippen LogP contribution in [-0.2, 0) is 4.74 Å². The van der Waals surface area contributed by atoms with Crippen molar-refractivity contribution < 1.29 is 4.74 Å². The molecule has 0 saturated carbocycles.